The molecule has 44 heavy (non-hydrogen) atoms. The zero-order chi connectivity index (χ0) is 31.6. The molecule has 5 aromatic rings. The van der Waals surface area contributed by atoms with Crippen molar-refractivity contribution in [3.8, 4) is 17.2 Å². The van der Waals surface area contributed by atoms with Gasteiger partial charge in [-0.1, -0.05) is 65.1 Å². The summed E-state index contributed by atoms with van der Waals surface area (Å²) in [7, 11) is 0. The molecule has 228 valence electrons. The van der Waals surface area contributed by atoms with Gasteiger partial charge in [-0.15, -0.1) is 0 Å². The number of alkyl halides is 3. The summed E-state index contributed by atoms with van der Waals surface area (Å²) in [4.78, 5) is 8.41. The van der Waals surface area contributed by atoms with Gasteiger partial charge in [-0.05, 0) is 60.5 Å². The molecular weight excluding hydrogens is 649 g/mol. The number of ether oxygens (including phenoxy) is 1. The van der Waals surface area contributed by atoms with Crippen LogP contribution in [-0.2, 0) is 5.60 Å². The molecule has 1 N–H and O–H groups in total. The summed E-state index contributed by atoms with van der Waals surface area (Å²) in [5, 5.41) is 20.8. The van der Waals surface area contributed by atoms with Gasteiger partial charge in [0.2, 0.25) is 0 Å². The van der Waals surface area contributed by atoms with Gasteiger partial charge in [0, 0.05) is 26.2 Å². The molecule has 2 aromatic heterocycles. The summed E-state index contributed by atoms with van der Waals surface area (Å²) in [6.45, 7) is 1.73. The van der Waals surface area contributed by atoms with E-state index >= 15 is 0 Å². The van der Waals surface area contributed by atoms with Gasteiger partial charge in [0.15, 0.2) is 5.82 Å². The van der Waals surface area contributed by atoms with Crippen molar-refractivity contribution in [1.82, 2.24) is 24.9 Å². The van der Waals surface area contributed by atoms with Crippen LogP contribution >= 0.6 is 34.8 Å². The van der Waals surface area contributed by atoms with Gasteiger partial charge in [0.25, 0.3) is 11.9 Å². The smallest absolute Gasteiger partial charge is 0.422 e. The first kappa shape index (κ1) is 31.5. The summed E-state index contributed by atoms with van der Waals surface area (Å²) in [5.41, 5.74) is -3.14. The van der Waals surface area contributed by atoms with Gasteiger partial charge in [-0.3, -0.25) is 0 Å². The SMILES string of the molecule is CCC(O)(c1ccc(Cl)cc1Cl)C(c1noc(-c2ccc(OC(F)=C(c3cccc(Cl)c3)C(F)(F)F)cc2)n1)n1cncn1. The van der Waals surface area contributed by atoms with Crippen molar-refractivity contribution in [1.29, 1.82) is 0 Å². The van der Waals surface area contributed by atoms with Crippen LogP contribution in [-0.4, -0.2) is 36.2 Å². The maximum absolute atomic E-state index is 14.9. The highest BCUT2D eigenvalue weighted by molar-refractivity contribution is 6.35. The zero-order valence-electron chi connectivity index (χ0n) is 22.4. The minimum absolute atomic E-state index is 0.0000256. The van der Waals surface area contributed by atoms with E-state index in [9.17, 15) is 22.7 Å². The molecule has 0 fully saturated rings. The lowest BCUT2D eigenvalue weighted by Crippen LogP contribution is -2.38. The molecule has 2 atom stereocenters. The van der Waals surface area contributed by atoms with Crippen LogP contribution in [0.3, 0.4) is 0 Å². The standard InChI is InChI=1S/C29H20Cl3F4N5O3/c1-2-28(42,21-11-8-19(31)13-22(21)32)24(41-15-37-14-38-41)26-39-27(44-40-26)16-6-9-20(10-7-16)43-25(33)23(29(34,35)36)17-4-3-5-18(30)12-17/h3-15,24,42H,2H2,1H3. The fraction of sp³-hybridized carbons (Fsp3) is 0.172. The first-order chi connectivity index (χ1) is 20.9. The molecule has 0 saturated heterocycles. The third-order valence-corrected chi connectivity index (χ3v) is 7.46. The van der Waals surface area contributed by atoms with Crippen molar-refractivity contribution in [3.63, 3.8) is 0 Å². The summed E-state index contributed by atoms with van der Waals surface area (Å²) < 4.78 is 67.7. The van der Waals surface area contributed by atoms with E-state index < -0.39 is 35.0 Å². The quantitative estimate of drug-likeness (QED) is 0.124. The van der Waals surface area contributed by atoms with Crippen molar-refractivity contribution in [2.75, 3.05) is 0 Å². The molecule has 3 aromatic carbocycles. The minimum atomic E-state index is -5.06. The number of benzene rings is 3. The second-order valence-corrected chi connectivity index (χ2v) is 10.7. The van der Waals surface area contributed by atoms with E-state index in [1.807, 2.05) is 0 Å². The largest absolute Gasteiger partial charge is 0.431 e. The predicted octanol–water partition coefficient (Wildman–Crippen LogP) is 8.45. The Morgan fingerprint density at radius 2 is 1.75 bits per heavy atom. The lowest BCUT2D eigenvalue weighted by Gasteiger charge is -2.34. The van der Waals surface area contributed by atoms with Crippen molar-refractivity contribution in [2.45, 2.75) is 31.2 Å². The van der Waals surface area contributed by atoms with Crippen LogP contribution in [0.2, 0.25) is 15.1 Å². The number of aromatic nitrogens is 5. The molecule has 5 rings (SSSR count). The van der Waals surface area contributed by atoms with E-state index in [1.165, 1.54) is 59.8 Å². The van der Waals surface area contributed by atoms with E-state index in [2.05, 4.69) is 20.2 Å². The van der Waals surface area contributed by atoms with Crippen LogP contribution < -0.4 is 4.74 Å². The van der Waals surface area contributed by atoms with E-state index in [1.54, 1.807) is 19.1 Å². The highest BCUT2D eigenvalue weighted by Crippen LogP contribution is 2.43. The Labute approximate surface area is 262 Å². The lowest BCUT2D eigenvalue weighted by molar-refractivity contribution is -0.0717. The monoisotopic (exact) mass is 667 g/mol. The molecular formula is C29H20Cl3F4N5O3. The van der Waals surface area contributed by atoms with Gasteiger partial charge in [0.1, 0.15) is 35.6 Å². The van der Waals surface area contributed by atoms with E-state index in [-0.39, 0.29) is 33.9 Å². The van der Waals surface area contributed by atoms with Crippen molar-refractivity contribution in [3.05, 3.63) is 117 Å². The Bertz CT molecular complexity index is 1800. The van der Waals surface area contributed by atoms with Gasteiger partial charge in [-0.25, -0.2) is 9.67 Å². The fourth-order valence-electron chi connectivity index (χ4n) is 4.59. The Kier molecular flexibility index (Phi) is 8.98. The van der Waals surface area contributed by atoms with Crippen LogP contribution in [0, 0.1) is 0 Å². The molecule has 15 heteroatoms. The third kappa shape index (κ3) is 6.43. The predicted molar refractivity (Wildman–Crippen MR) is 155 cm³/mol. The van der Waals surface area contributed by atoms with Crippen LogP contribution in [0.15, 0.2) is 89.9 Å². The average Bonchev–Trinajstić information content (AvgIpc) is 3.66. The number of allylic oxidation sites excluding steroid dienone is 1. The topological polar surface area (TPSA) is 99.1 Å². The Morgan fingerprint density at radius 3 is 2.36 bits per heavy atom. The van der Waals surface area contributed by atoms with Crippen molar-refractivity contribution in [2.24, 2.45) is 0 Å². The number of hydrogen-bond acceptors (Lipinski definition) is 7. The number of nitrogens with zero attached hydrogens (tertiary/aromatic N) is 5. The first-order valence-electron chi connectivity index (χ1n) is 12.8. The molecule has 2 heterocycles. The van der Waals surface area contributed by atoms with Crippen molar-refractivity contribution < 1.29 is 31.9 Å². The van der Waals surface area contributed by atoms with Crippen LogP contribution in [0.4, 0.5) is 17.6 Å². The Morgan fingerprint density at radius 1 is 1.02 bits per heavy atom. The third-order valence-electron chi connectivity index (χ3n) is 6.68. The number of rotatable bonds is 9. The van der Waals surface area contributed by atoms with Crippen molar-refractivity contribution >= 4 is 40.4 Å². The summed E-state index contributed by atoms with van der Waals surface area (Å²) in [6, 6.07) is 11.7. The number of aliphatic hydroxyl groups is 1. The number of hydrogen-bond donors (Lipinski definition) is 1. The first-order valence-corrected chi connectivity index (χ1v) is 13.9. The molecule has 0 radical (unpaired) electrons. The maximum atomic E-state index is 14.9. The second-order valence-electron chi connectivity index (χ2n) is 9.42. The van der Waals surface area contributed by atoms with Crippen LogP contribution in [0.1, 0.15) is 36.3 Å². The molecule has 2 unspecified atom stereocenters. The summed E-state index contributed by atoms with van der Waals surface area (Å²) >= 11 is 18.3. The Balaban J connectivity index is 1.46. The molecule has 0 aliphatic rings. The fourth-order valence-corrected chi connectivity index (χ4v) is 5.35. The lowest BCUT2D eigenvalue weighted by atomic mass is 9.83. The maximum Gasteiger partial charge on any atom is 0.422 e. The van der Waals surface area contributed by atoms with E-state index in [0.29, 0.717) is 16.1 Å². The van der Waals surface area contributed by atoms with Gasteiger partial charge in [0.05, 0.1) is 0 Å². The normalized spacial score (nSPS) is 14.6. The van der Waals surface area contributed by atoms with Crippen LogP contribution in [0.25, 0.3) is 17.0 Å². The van der Waals surface area contributed by atoms with E-state index in [4.69, 9.17) is 44.1 Å². The van der Waals surface area contributed by atoms with Gasteiger partial charge < -0.3 is 14.4 Å². The van der Waals surface area contributed by atoms with Gasteiger partial charge >= 0.3 is 6.18 Å². The highest BCUT2D eigenvalue weighted by atomic mass is 35.5. The molecule has 0 aliphatic heterocycles. The highest BCUT2D eigenvalue weighted by Gasteiger charge is 2.44. The summed E-state index contributed by atoms with van der Waals surface area (Å²) in [5.74, 6) is -0.220. The number of halogens is 7. The molecule has 0 amide bonds. The molecule has 0 saturated carbocycles. The summed E-state index contributed by atoms with van der Waals surface area (Å²) in [6.07, 6.45) is -2.27. The van der Waals surface area contributed by atoms with Crippen LogP contribution in [0.5, 0.6) is 5.75 Å². The molecule has 0 aliphatic carbocycles. The van der Waals surface area contributed by atoms with E-state index in [0.717, 1.165) is 12.1 Å². The average molecular weight is 669 g/mol. The zero-order valence-corrected chi connectivity index (χ0v) is 24.7. The van der Waals surface area contributed by atoms with Gasteiger partial charge in [-0.2, -0.15) is 27.6 Å². The second kappa shape index (κ2) is 12.6. The minimum Gasteiger partial charge on any atom is -0.431 e. The molecule has 0 bridgehead atoms. The Hall–Kier alpha value is -3.97. The molecule has 8 nitrogen and oxygen atoms in total. The molecule has 0 spiro atoms.